The number of aryl methyl sites for hydroxylation is 1. The summed E-state index contributed by atoms with van der Waals surface area (Å²) < 4.78 is 7.61. The number of aromatic nitrogens is 2. The van der Waals surface area contributed by atoms with E-state index in [1.54, 1.807) is 35.0 Å². The maximum absolute atomic E-state index is 12.0. The number of rotatable bonds is 4. The van der Waals surface area contributed by atoms with E-state index in [1.807, 2.05) is 25.1 Å². The zero-order chi connectivity index (χ0) is 17.1. The maximum atomic E-state index is 12.0. The molecule has 0 aliphatic rings. The van der Waals surface area contributed by atoms with Gasteiger partial charge in [0, 0.05) is 22.6 Å². The monoisotopic (exact) mass is 387 g/mol. The number of hydrogen-bond donors (Lipinski definition) is 1. The number of hydrogen-bond acceptors (Lipinski definition) is 4. The van der Waals surface area contributed by atoms with Gasteiger partial charge >= 0.3 is 5.97 Å². The number of anilines is 1. The molecule has 0 saturated carbocycles. The van der Waals surface area contributed by atoms with Gasteiger partial charge in [0.1, 0.15) is 5.65 Å². The van der Waals surface area contributed by atoms with Gasteiger partial charge in [0.25, 0.3) is 5.91 Å². The average molecular weight is 388 g/mol. The molecule has 1 amide bonds. The fraction of sp³-hybridized carbons (Fsp3) is 0.118. The first-order valence-corrected chi connectivity index (χ1v) is 7.99. The third kappa shape index (κ3) is 3.62. The highest BCUT2D eigenvalue weighted by molar-refractivity contribution is 9.10. The van der Waals surface area contributed by atoms with Crippen LogP contribution in [0.3, 0.4) is 0 Å². The van der Waals surface area contributed by atoms with Crippen LogP contribution in [0.1, 0.15) is 16.1 Å². The number of imidazole rings is 1. The standard InChI is InChI=1S/C17H14BrN3O3/c1-11-5-6-12(8-13(11)18)19-16(22)10-24-17(23)14-9-21-7-3-2-4-15(21)20-14/h2-9H,10H2,1H3,(H,19,22). The zero-order valence-electron chi connectivity index (χ0n) is 12.8. The van der Waals surface area contributed by atoms with Crippen molar-refractivity contribution >= 4 is 39.1 Å². The van der Waals surface area contributed by atoms with Crippen molar-refractivity contribution in [3.05, 3.63) is 64.5 Å². The molecule has 0 saturated heterocycles. The van der Waals surface area contributed by atoms with Gasteiger partial charge < -0.3 is 14.5 Å². The Balaban J connectivity index is 1.59. The molecular weight excluding hydrogens is 374 g/mol. The van der Waals surface area contributed by atoms with Crippen LogP contribution >= 0.6 is 15.9 Å². The van der Waals surface area contributed by atoms with E-state index in [9.17, 15) is 9.59 Å². The number of nitrogens with zero attached hydrogens (tertiary/aromatic N) is 2. The van der Waals surface area contributed by atoms with Crippen LogP contribution in [0, 0.1) is 6.92 Å². The number of benzene rings is 1. The van der Waals surface area contributed by atoms with Gasteiger partial charge in [-0.15, -0.1) is 0 Å². The van der Waals surface area contributed by atoms with Gasteiger partial charge in [-0.2, -0.15) is 0 Å². The predicted octanol–water partition coefficient (Wildman–Crippen LogP) is 3.20. The Labute approximate surface area is 146 Å². The molecule has 122 valence electrons. The van der Waals surface area contributed by atoms with Crippen LogP contribution in [-0.4, -0.2) is 27.9 Å². The van der Waals surface area contributed by atoms with Crippen LogP contribution in [0.5, 0.6) is 0 Å². The normalized spacial score (nSPS) is 10.6. The number of nitrogens with one attached hydrogen (secondary N) is 1. The molecular formula is C17H14BrN3O3. The van der Waals surface area contributed by atoms with E-state index in [2.05, 4.69) is 26.2 Å². The molecule has 6 nitrogen and oxygen atoms in total. The largest absolute Gasteiger partial charge is 0.451 e. The number of amides is 1. The highest BCUT2D eigenvalue weighted by Crippen LogP contribution is 2.20. The summed E-state index contributed by atoms with van der Waals surface area (Å²) in [6.45, 7) is 1.57. The summed E-state index contributed by atoms with van der Waals surface area (Å²) in [5.41, 5.74) is 2.48. The van der Waals surface area contributed by atoms with E-state index < -0.39 is 11.9 Å². The van der Waals surface area contributed by atoms with Crippen LogP contribution in [0.4, 0.5) is 5.69 Å². The highest BCUT2D eigenvalue weighted by Gasteiger charge is 2.14. The van der Waals surface area contributed by atoms with Gasteiger partial charge in [-0.25, -0.2) is 9.78 Å². The quantitative estimate of drug-likeness (QED) is 0.697. The second-order valence-corrected chi connectivity index (χ2v) is 6.03. The van der Waals surface area contributed by atoms with Gasteiger partial charge in [-0.1, -0.05) is 28.1 Å². The smallest absolute Gasteiger partial charge is 0.359 e. The van der Waals surface area contributed by atoms with E-state index in [4.69, 9.17) is 4.74 Å². The lowest BCUT2D eigenvalue weighted by Gasteiger charge is -2.07. The van der Waals surface area contributed by atoms with Gasteiger partial charge in [0.15, 0.2) is 12.3 Å². The second-order valence-electron chi connectivity index (χ2n) is 5.18. The summed E-state index contributed by atoms with van der Waals surface area (Å²) in [5.74, 6) is -1.05. The first kappa shape index (κ1) is 16.2. The fourth-order valence-electron chi connectivity index (χ4n) is 2.11. The molecule has 0 unspecified atom stereocenters. The molecule has 3 aromatic rings. The van der Waals surface area contributed by atoms with E-state index in [0.29, 0.717) is 11.3 Å². The minimum Gasteiger partial charge on any atom is -0.451 e. The van der Waals surface area contributed by atoms with Crippen molar-refractivity contribution in [3.63, 3.8) is 0 Å². The summed E-state index contributed by atoms with van der Waals surface area (Å²) in [6, 6.07) is 10.9. The molecule has 0 aliphatic heterocycles. The molecule has 0 fully saturated rings. The molecule has 2 heterocycles. The Kier molecular flexibility index (Phi) is 4.61. The molecule has 2 aromatic heterocycles. The van der Waals surface area contributed by atoms with Crippen molar-refractivity contribution in [2.75, 3.05) is 11.9 Å². The minimum absolute atomic E-state index is 0.159. The molecule has 7 heteroatoms. The number of carbonyl (C=O) groups excluding carboxylic acids is 2. The van der Waals surface area contributed by atoms with Crippen molar-refractivity contribution in [1.82, 2.24) is 9.38 Å². The van der Waals surface area contributed by atoms with Crippen molar-refractivity contribution in [3.8, 4) is 0 Å². The second kappa shape index (κ2) is 6.84. The van der Waals surface area contributed by atoms with E-state index >= 15 is 0 Å². The molecule has 0 aliphatic carbocycles. The van der Waals surface area contributed by atoms with Gasteiger partial charge in [0.2, 0.25) is 0 Å². The van der Waals surface area contributed by atoms with Crippen molar-refractivity contribution in [2.24, 2.45) is 0 Å². The van der Waals surface area contributed by atoms with Gasteiger partial charge in [-0.05, 0) is 36.8 Å². The number of carbonyl (C=O) groups is 2. The Morgan fingerprint density at radius 1 is 1.29 bits per heavy atom. The molecule has 3 rings (SSSR count). The SMILES string of the molecule is Cc1ccc(NC(=O)COC(=O)c2cn3ccccc3n2)cc1Br. The number of ether oxygens (including phenoxy) is 1. The average Bonchev–Trinajstić information content (AvgIpc) is 3.00. The number of esters is 1. The molecule has 0 atom stereocenters. The van der Waals surface area contributed by atoms with Gasteiger partial charge in [-0.3, -0.25) is 4.79 Å². The third-order valence-electron chi connectivity index (χ3n) is 3.36. The summed E-state index contributed by atoms with van der Waals surface area (Å²) >= 11 is 3.40. The lowest BCUT2D eigenvalue weighted by atomic mass is 10.2. The third-order valence-corrected chi connectivity index (χ3v) is 4.22. The fourth-order valence-corrected chi connectivity index (χ4v) is 2.48. The first-order valence-electron chi connectivity index (χ1n) is 7.20. The van der Waals surface area contributed by atoms with Crippen molar-refractivity contribution < 1.29 is 14.3 Å². The molecule has 0 bridgehead atoms. The molecule has 0 radical (unpaired) electrons. The minimum atomic E-state index is -0.640. The number of halogens is 1. The van der Waals surface area contributed by atoms with Crippen LogP contribution in [0.2, 0.25) is 0 Å². The van der Waals surface area contributed by atoms with Crippen molar-refractivity contribution in [2.45, 2.75) is 6.92 Å². The Hall–Kier alpha value is -2.67. The number of pyridine rings is 1. The number of fused-ring (bicyclic) bond motifs is 1. The van der Waals surface area contributed by atoms with Crippen LogP contribution < -0.4 is 5.32 Å². The Morgan fingerprint density at radius 3 is 2.88 bits per heavy atom. The summed E-state index contributed by atoms with van der Waals surface area (Å²) in [6.07, 6.45) is 3.34. The van der Waals surface area contributed by atoms with Crippen LogP contribution in [0.25, 0.3) is 5.65 Å². The molecule has 24 heavy (non-hydrogen) atoms. The maximum Gasteiger partial charge on any atom is 0.359 e. The summed E-state index contributed by atoms with van der Waals surface area (Å²) in [4.78, 5) is 28.0. The predicted molar refractivity (Wildman–Crippen MR) is 93.0 cm³/mol. The molecule has 0 spiro atoms. The first-order chi connectivity index (χ1) is 11.5. The molecule has 1 N–H and O–H groups in total. The summed E-state index contributed by atoms with van der Waals surface area (Å²) in [7, 11) is 0. The van der Waals surface area contributed by atoms with Crippen LogP contribution in [0.15, 0.2) is 53.3 Å². The van der Waals surface area contributed by atoms with E-state index in [-0.39, 0.29) is 12.3 Å². The topological polar surface area (TPSA) is 72.7 Å². The highest BCUT2D eigenvalue weighted by atomic mass is 79.9. The van der Waals surface area contributed by atoms with Crippen molar-refractivity contribution in [1.29, 1.82) is 0 Å². The van der Waals surface area contributed by atoms with Gasteiger partial charge in [0.05, 0.1) is 0 Å². The molecule has 1 aromatic carbocycles. The lowest BCUT2D eigenvalue weighted by molar-refractivity contribution is -0.119. The van der Waals surface area contributed by atoms with E-state index in [0.717, 1.165) is 10.0 Å². The Morgan fingerprint density at radius 2 is 2.12 bits per heavy atom. The van der Waals surface area contributed by atoms with Crippen LogP contribution in [-0.2, 0) is 9.53 Å². The lowest BCUT2D eigenvalue weighted by Crippen LogP contribution is -2.21. The summed E-state index contributed by atoms with van der Waals surface area (Å²) in [5, 5.41) is 2.67. The Bertz CT molecular complexity index is 887. The van der Waals surface area contributed by atoms with E-state index in [1.165, 1.54) is 0 Å². The zero-order valence-corrected chi connectivity index (χ0v) is 14.4.